The highest BCUT2D eigenvalue weighted by Gasteiger charge is 2.15. The van der Waals surface area contributed by atoms with Crippen molar-refractivity contribution in [3.05, 3.63) is 78.4 Å². The first-order valence-corrected chi connectivity index (χ1v) is 10.5. The third kappa shape index (κ3) is 4.44. The van der Waals surface area contributed by atoms with Crippen LogP contribution < -0.4 is 14.2 Å². The summed E-state index contributed by atoms with van der Waals surface area (Å²) in [5, 5.41) is 0.673. The second-order valence-electron chi connectivity index (χ2n) is 6.62. The maximum Gasteiger partial charge on any atom is 0.210 e. The van der Waals surface area contributed by atoms with Crippen LogP contribution in [0.4, 0.5) is 5.13 Å². The topological polar surface area (TPSA) is 52.9 Å². The normalized spacial score (nSPS) is 10.9. The second kappa shape index (κ2) is 9.45. The van der Waals surface area contributed by atoms with Gasteiger partial charge >= 0.3 is 0 Å². The van der Waals surface area contributed by atoms with Crippen LogP contribution in [0.2, 0.25) is 0 Å². The number of thiazole rings is 1. The third-order valence-corrected chi connectivity index (χ3v) is 5.72. The van der Waals surface area contributed by atoms with Gasteiger partial charge in [0.1, 0.15) is 0 Å². The first kappa shape index (κ1) is 20.6. The fraction of sp³-hybridized carbons (Fsp3) is 0.120. The second-order valence-corrected chi connectivity index (χ2v) is 7.60. The first-order chi connectivity index (χ1) is 15.2. The summed E-state index contributed by atoms with van der Waals surface area (Å²) >= 11 is 1.56. The van der Waals surface area contributed by atoms with Gasteiger partial charge in [0.05, 0.1) is 31.9 Å². The monoisotopic (exact) mass is 430 g/mol. The predicted molar refractivity (Wildman–Crippen MR) is 126 cm³/mol. The van der Waals surface area contributed by atoms with Crippen LogP contribution >= 0.6 is 11.3 Å². The molecular formula is C25H22N2O3S. The van der Waals surface area contributed by atoms with Gasteiger partial charge in [0.25, 0.3) is 0 Å². The van der Waals surface area contributed by atoms with Crippen molar-refractivity contribution in [1.82, 2.24) is 4.98 Å². The Bertz CT molecular complexity index is 1110. The lowest BCUT2D eigenvalue weighted by molar-refractivity contribution is 0.324. The summed E-state index contributed by atoms with van der Waals surface area (Å²) in [4.78, 5) is 10.6. The van der Waals surface area contributed by atoms with Crippen molar-refractivity contribution < 1.29 is 14.2 Å². The number of nitrogens with zero attached hydrogens (tertiary/aromatic N) is 2. The molecule has 0 unspecified atom stereocenters. The summed E-state index contributed by atoms with van der Waals surface area (Å²) in [5.74, 6) is 1.71. The van der Waals surface area contributed by atoms with E-state index in [9.17, 15) is 0 Å². The zero-order chi connectivity index (χ0) is 21.6. The summed E-state index contributed by atoms with van der Waals surface area (Å²) in [5.41, 5.74) is 3.93. The molecule has 0 aliphatic rings. The molecule has 6 heteroatoms. The Hall–Kier alpha value is -3.64. The molecule has 1 aromatic heterocycles. The highest BCUT2D eigenvalue weighted by atomic mass is 32.1. The Balaban J connectivity index is 1.74. The summed E-state index contributed by atoms with van der Waals surface area (Å²) in [6.45, 7) is 0. The lowest BCUT2D eigenvalue weighted by Crippen LogP contribution is -1.96. The molecule has 0 N–H and O–H groups in total. The van der Waals surface area contributed by atoms with E-state index in [0.29, 0.717) is 22.4 Å². The van der Waals surface area contributed by atoms with Crippen LogP contribution in [0, 0.1) is 0 Å². The molecule has 156 valence electrons. The Morgan fingerprint density at radius 1 is 0.774 bits per heavy atom. The summed E-state index contributed by atoms with van der Waals surface area (Å²) in [6, 6.07) is 24.1. The number of methoxy groups -OCH3 is 3. The van der Waals surface area contributed by atoms with E-state index in [1.54, 1.807) is 38.9 Å². The lowest BCUT2D eigenvalue weighted by Gasteiger charge is -2.12. The Morgan fingerprint density at radius 3 is 1.90 bits per heavy atom. The van der Waals surface area contributed by atoms with Crippen molar-refractivity contribution in [1.29, 1.82) is 0 Å². The van der Waals surface area contributed by atoms with Crippen LogP contribution in [0.5, 0.6) is 17.2 Å². The molecule has 0 fully saturated rings. The van der Waals surface area contributed by atoms with E-state index in [0.717, 1.165) is 27.3 Å². The minimum atomic E-state index is 0.550. The van der Waals surface area contributed by atoms with Crippen LogP contribution in [-0.2, 0) is 0 Å². The standard InChI is InChI=1S/C25H22N2O3S/c1-28-20-14-17(15-21(29-2)23(20)30-3)16-26-25-27-22(18-10-6-4-7-11-18)24(31-25)19-12-8-5-9-13-19/h4-16H,1-3H3. The molecule has 5 nitrogen and oxygen atoms in total. The molecule has 0 radical (unpaired) electrons. The van der Waals surface area contributed by atoms with Gasteiger partial charge in [-0.15, -0.1) is 0 Å². The van der Waals surface area contributed by atoms with E-state index in [2.05, 4.69) is 29.3 Å². The van der Waals surface area contributed by atoms with Crippen LogP contribution in [0.25, 0.3) is 21.7 Å². The van der Waals surface area contributed by atoms with E-state index in [-0.39, 0.29) is 0 Å². The fourth-order valence-corrected chi connectivity index (χ4v) is 4.19. The van der Waals surface area contributed by atoms with E-state index in [1.165, 1.54) is 0 Å². The molecule has 4 rings (SSSR count). The summed E-state index contributed by atoms with van der Waals surface area (Å²) < 4.78 is 16.2. The minimum absolute atomic E-state index is 0.550. The van der Waals surface area contributed by atoms with E-state index in [1.807, 2.05) is 48.5 Å². The van der Waals surface area contributed by atoms with Crippen molar-refractivity contribution in [2.24, 2.45) is 4.99 Å². The molecule has 0 aliphatic carbocycles. The van der Waals surface area contributed by atoms with Crippen molar-refractivity contribution in [2.75, 3.05) is 21.3 Å². The fourth-order valence-electron chi connectivity index (χ4n) is 3.25. The summed E-state index contributed by atoms with van der Waals surface area (Å²) in [7, 11) is 4.77. The van der Waals surface area contributed by atoms with E-state index in [4.69, 9.17) is 19.2 Å². The predicted octanol–water partition coefficient (Wildman–Crippen LogP) is 6.25. The molecule has 3 aromatic carbocycles. The molecule has 4 aromatic rings. The van der Waals surface area contributed by atoms with Gasteiger partial charge in [-0.1, -0.05) is 72.0 Å². The molecule has 0 spiro atoms. The lowest BCUT2D eigenvalue weighted by atomic mass is 10.1. The van der Waals surface area contributed by atoms with E-state index < -0.39 is 0 Å². The SMILES string of the molecule is COc1cc(C=Nc2nc(-c3ccccc3)c(-c3ccccc3)s2)cc(OC)c1OC. The molecule has 1 heterocycles. The number of aromatic nitrogens is 1. The molecule has 0 saturated carbocycles. The molecule has 0 atom stereocenters. The van der Waals surface area contributed by atoms with Gasteiger partial charge in [-0.3, -0.25) is 0 Å². The molecule has 0 aliphatic heterocycles. The first-order valence-electron chi connectivity index (χ1n) is 9.69. The van der Waals surface area contributed by atoms with Gasteiger partial charge in [-0.2, -0.15) is 0 Å². The van der Waals surface area contributed by atoms with E-state index >= 15 is 0 Å². The maximum absolute atomic E-state index is 5.43. The molecule has 31 heavy (non-hydrogen) atoms. The number of aliphatic imine (C=N–C) groups is 1. The number of benzene rings is 3. The minimum Gasteiger partial charge on any atom is -0.493 e. The Kier molecular flexibility index (Phi) is 6.29. The third-order valence-electron chi connectivity index (χ3n) is 4.71. The number of hydrogen-bond acceptors (Lipinski definition) is 6. The molecular weight excluding hydrogens is 408 g/mol. The Labute approximate surface area is 185 Å². The highest BCUT2D eigenvalue weighted by Crippen LogP contribution is 2.41. The molecule has 0 bridgehead atoms. The average molecular weight is 431 g/mol. The average Bonchev–Trinajstić information content (AvgIpc) is 3.27. The van der Waals surface area contributed by atoms with Crippen molar-refractivity contribution in [3.8, 4) is 38.9 Å². The zero-order valence-electron chi connectivity index (χ0n) is 17.5. The number of rotatable bonds is 7. The maximum atomic E-state index is 5.43. The smallest absolute Gasteiger partial charge is 0.210 e. The summed E-state index contributed by atoms with van der Waals surface area (Å²) in [6.07, 6.45) is 1.76. The van der Waals surface area contributed by atoms with Gasteiger partial charge in [-0.05, 0) is 17.7 Å². The van der Waals surface area contributed by atoms with Crippen LogP contribution in [0.15, 0.2) is 77.8 Å². The van der Waals surface area contributed by atoms with Crippen LogP contribution in [-0.4, -0.2) is 32.5 Å². The van der Waals surface area contributed by atoms with Gasteiger partial charge in [0.2, 0.25) is 10.9 Å². The largest absolute Gasteiger partial charge is 0.493 e. The van der Waals surface area contributed by atoms with Crippen molar-refractivity contribution in [3.63, 3.8) is 0 Å². The Morgan fingerprint density at radius 2 is 1.35 bits per heavy atom. The van der Waals surface area contributed by atoms with Gasteiger partial charge in [0.15, 0.2) is 11.5 Å². The zero-order valence-corrected chi connectivity index (χ0v) is 18.3. The van der Waals surface area contributed by atoms with Gasteiger partial charge in [-0.25, -0.2) is 9.98 Å². The van der Waals surface area contributed by atoms with Crippen LogP contribution in [0.3, 0.4) is 0 Å². The molecule has 0 amide bonds. The number of ether oxygens (including phenoxy) is 3. The van der Waals surface area contributed by atoms with Crippen LogP contribution in [0.1, 0.15) is 5.56 Å². The quantitative estimate of drug-likeness (QED) is 0.325. The molecule has 0 saturated heterocycles. The van der Waals surface area contributed by atoms with Gasteiger partial charge in [0, 0.05) is 17.3 Å². The highest BCUT2D eigenvalue weighted by molar-refractivity contribution is 7.19. The van der Waals surface area contributed by atoms with Crippen molar-refractivity contribution in [2.45, 2.75) is 0 Å². The van der Waals surface area contributed by atoms with Crippen molar-refractivity contribution >= 4 is 22.7 Å². The van der Waals surface area contributed by atoms with Gasteiger partial charge < -0.3 is 14.2 Å². The number of hydrogen-bond donors (Lipinski definition) is 0.